The first-order valence-electron chi connectivity index (χ1n) is 10.6. The van der Waals surface area contributed by atoms with Gasteiger partial charge in [-0.05, 0) is 69.9 Å². The van der Waals surface area contributed by atoms with Crippen molar-refractivity contribution in [1.29, 1.82) is 0 Å². The maximum Gasteiger partial charge on any atom is 0.261 e. The minimum absolute atomic E-state index is 0.0580. The van der Waals surface area contributed by atoms with Gasteiger partial charge in [-0.2, -0.15) is 0 Å². The van der Waals surface area contributed by atoms with Crippen LogP contribution >= 0.6 is 0 Å². The summed E-state index contributed by atoms with van der Waals surface area (Å²) in [5, 5.41) is 2.98. The van der Waals surface area contributed by atoms with Crippen LogP contribution in [0.4, 0.5) is 0 Å². The summed E-state index contributed by atoms with van der Waals surface area (Å²) in [6.45, 7) is 12.0. The maximum atomic E-state index is 13.1. The van der Waals surface area contributed by atoms with E-state index in [1.807, 2.05) is 77.1 Å². The van der Waals surface area contributed by atoms with E-state index < -0.39 is 6.04 Å². The molecule has 30 heavy (non-hydrogen) atoms. The van der Waals surface area contributed by atoms with Crippen LogP contribution in [0.3, 0.4) is 0 Å². The smallest absolute Gasteiger partial charge is 0.261 e. The second-order valence-electron chi connectivity index (χ2n) is 8.04. The lowest BCUT2D eigenvalue weighted by Gasteiger charge is -2.29. The highest BCUT2D eigenvalue weighted by atomic mass is 16.5. The summed E-state index contributed by atoms with van der Waals surface area (Å²) >= 11 is 0. The molecular weight excluding hydrogens is 376 g/mol. The summed E-state index contributed by atoms with van der Waals surface area (Å²) in [5.41, 5.74) is 4.38. The van der Waals surface area contributed by atoms with Crippen LogP contribution in [-0.2, 0) is 16.1 Å². The number of amides is 2. The maximum absolute atomic E-state index is 13.1. The van der Waals surface area contributed by atoms with Crippen LogP contribution in [0.1, 0.15) is 49.4 Å². The topological polar surface area (TPSA) is 58.6 Å². The predicted molar refractivity (Wildman–Crippen MR) is 120 cm³/mol. The molecule has 2 aromatic carbocycles. The van der Waals surface area contributed by atoms with Crippen molar-refractivity contribution in [2.75, 3.05) is 6.61 Å². The molecule has 2 atom stereocenters. The Hall–Kier alpha value is -2.82. The molecular formula is C25H34N2O3. The third-order valence-corrected chi connectivity index (χ3v) is 5.44. The second kappa shape index (κ2) is 10.8. The van der Waals surface area contributed by atoms with Crippen molar-refractivity contribution in [1.82, 2.24) is 10.2 Å². The molecule has 0 unspecified atom stereocenters. The molecule has 0 bridgehead atoms. The Morgan fingerprint density at radius 2 is 1.77 bits per heavy atom. The fourth-order valence-corrected chi connectivity index (χ4v) is 3.09. The van der Waals surface area contributed by atoms with Crippen molar-refractivity contribution in [3.05, 3.63) is 64.7 Å². The van der Waals surface area contributed by atoms with E-state index in [1.165, 1.54) is 5.56 Å². The minimum Gasteiger partial charge on any atom is -0.484 e. The molecule has 0 fully saturated rings. The summed E-state index contributed by atoms with van der Waals surface area (Å²) in [7, 11) is 0. The molecule has 0 heterocycles. The van der Waals surface area contributed by atoms with Crippen molar-refractivity contribution in [3.63, 3.8) is 0 Å². The molecule has 0 saturated carbocycles. The van der Waals surface area contributed by atoms with Gasteiger partial charge in [-0.25, -0.2) is 0 Å². The average Bonchev–Trinajstić information content (AvgIpc) is 2.72. The number of carbonyl (C=O) groups excluding carboxylic acids is 2. The fourth-order valence-electron chi connectivity index (χ4n) is 3.09. The quantitative estimate of drug-likeness (QED) is 0.670. The number of aryl methyl sites for hydroxylation is 3. The molecule has 162 valence electrons. The van der Waals surface area contributed by atoms with Crippen molar-refractivity contribution in [2.45, 2.75) is 66.6 Å². The molecule has 5 nitrogen and oxygen atoms in total. The van der Waals surface area contributed by atoms with Crippen LogP contribution in [0.15, 0.2) is 42.5 Å². The zero-order valence-corrected chi connectivity index (χ0v) is 19.0. The number of nitrogens with one attached hydrogen (secondary N) is 1. The van der Waals surface area contributed by atoms with Gasteiger partial charge in [0.25, 0.3) is 5.91 Å². The van der Waals surface area contributed by atoms with Gasteiger partial charge >= 0.3 is 0 Å². The van der Waals surface area contributed by atoms with Gasteiger partial charge in [-0.1, -0.05) is 42.8 Å². The Balaban J connectivity index is 2.16. The van der Waals surface area contributed by atoms with Crippen LogP contribution in [0.5, 0.6) is 5.75 Å². The second-order valence-corrected chi connectivity index (χ2v) is 8.04. The molecule has 0 aliphatic carbocycles. The summed E-state index contributed by atoms with van der Waals surface area (Å²) in [5.74, 6) is 0.275. The van der Waals surface area contributed by atoms with Crippen LogP contribution in [0.2, 0.25) is 0 Å². The molecule has 0 aromatic heterocycles. The summed E-state index contributed by atoms with van der Waals surface area (Å²) in [6.07, 6.45) is 0.834. The molecule has 2 amide bonds. The molecule has 5 heteroatoms. The monoisotopic (exact) mass is 410 g/mol. The van der Waals surface area contributed by atoms with Crippen molar-refractivity contribution < 1.29 is 14.3 Å². The van der Waals surface area contributed by atoms with E-state index in [1.54, 1.807) is 11.8 Å². The standard InChI is InChI=1S/C25H34N2O3/c1-7-20(5)26-25(29)21(6)27(15-22-10-8-9-17(2)13-22)24(28)16-30-23-12-11-18(3)19(4)14-23/h8-14,20-21H,7,15-16H2,1-6H3,(H,26,29)/t20-,21+/m0/s1. The van der Waals surface area contributed by atoms with E-state index >= 15 is 0 Å². The first-order chi connectivity index (χ1) is 14.2. The Labute approximate surface area is 180 Å². The van der Waals surface area contributed by atoms with E-state index in [-0.39, 0.29) is 24.5 Å². The summed E-state index contributed by atoms with van der Waals surface area (Å²) < 4.78 is 5.76. The number of nitrogens with zero attached hydrogens (tertiary/aromatic N) is 1. The van der Waals surface area contributed by atoms with Crippen molar-refractivity contribution in [3.8, 4) is 5.75 Å². The fraction of sp³-hybridized carbons (Fsp3) is 0.440. The third-order valence-electron chi connectivity index (χ3n) is 5.44. The Bertz CT molecular complexity index is 878. The molecule has 0 radical (unpaired) electrons. The van der Waals surface area contributed by atoms with Gasteiger partial charge in [-0.15, -0.1) is 0 Å². The normalized spacial score (nSPS) is 12.7. The third kappa shape index (κ3) is 6.61. The van der Waals surface area contributed by atoms with E-state index in [4.69, 9.17) is 4.74 Å². The number of carbonyl (C=O) groups is 2. The van der Waals surface area contributed by atoms with Gasteiger partial charge in [0.15, 0.2) is 6.61 Å². The lowest BCUT2D eigenvalue weighted by atomic mass is 10.1. The van der Waals surface area contributed by atoms with Gasteiger partial charge in [0.1, 0.15) is 11.8 Å². The zero-order chi connectivity index (χ0) is 22.3. The molecule has 1 N–H and O–H groups in total. The summed E-state index contributed by atoms with van der Waals surface area (Å²) in [6, 6.07) is 13.2. The van der Waals surface area contributed by atoms with Gasteiger partial charge in [0.2, 0.25) is 5.91 Å². The molecule has 0 spiro atoms. The van der Waals surface area contributed by atoms with E-state index in [0.717, 1.165) is 23.1 Å². The van der Waals surface area contributed by atoms with Crippen molar-refractivity contribution in [2.24, 2.45) is 0 Å². The van der Waals surface area contributed by atoms with Crippen LogP contribution < -0.4 is 10.1 Å². The molecule has 2 aromatic rings. The number of rotatable bonds is 9. The zero-order valence-electron chi connectivity index (χ0n) is 19.0. The Morgan fingerprint density at radius 1 is 1.03 bits per heavy atom. The lowest BCUT2D eigenvalue weighted by molar-refractivity contribution is -0.142. The van der Waals surface area contributed by atoms with Crippen LogP contribution in [-0.4, -0.2) is 35.4 Å². The molecule has 0 saturated heterocycles. The lowest BCUT2D eigenvalue weighted by Crippen LogP contribution is -2.50. The highest BCUT2D eigenvalue weighted by molar-refractivity contribution is 5.88. The molecule has 0 aliphatic heterocycles. The van der Waals surface area contributed by atoms with E-state index in [0.29, 0.717) is 12.3 Å². The van der Waals surface area contributed by atoms with Crippen LogP contribution in [0.25, 0.3) is 0 Å². The number of benzene rings is 2. The first-order valence-corrected chi connectivity index (χ1v) is 10.6. The molecule has 2 rings (SSSR count). The van der Waals surface area contributed by atoms with Gasteiger partial charge in [-0.3, -0.25) is 9.59 Å². The highest BCUT2D eigenvalue weighted by Crippen LogP contribution is 2.17. The molecule has 0 aliphatic rings. The number of hydrogen-bond donors (Lipinski definition) is 1. The van der Waals surface area contributed by atoms with Crippen LogP contribution in [0, 0.1) is 20.8 Å². The van der Waals surface area contributed by atoms with E-state index in [9.17, 15) is 9.59 Å². The Kier molecular flexibility index (Phi) is 8.46. The number of ether oxygens (including phenoxy) is 1. The Morgan fingerprint density at radius 3 is 2.40 bits per heavy atom. The van der Waals surface area contributed by atoms with Gasteiger partial charge in [0, 0.05) is 12.6 Å². The average molecular weight is 411 g/mol. The van der Waals surface area contributed by atoms with Crippen molar-refractivity contribution >= 4 is 11.8 Å². The highest BCUT2D eigenvalue weighted by Gasteiger charge is 2.27. The first kappa shape index (κ1) is 23.5. The van der Waals surface area contributed by atoms with E-state index in [2.05, 4.69) is 5.32 Å². The summed E-state index contributed by atoms with van der Waals surface area (Å²) in [4.78, 5) is 27.4. The van der Waals surface area contributed by atoms with Gasteiger partial charge < -0.3 is 15.0 Å². The SMILES string of the molecule is CC[C@H](C)NC(=O)[C@@H](C)N(Cc1cccc(C)c1)C(=O)COc1ccc(C)c(C)c1. The largest absolute Gasteiger partial charge is 0.484 e. The minimum atomic E-state index is -0.602. The van der Waals surface area contributed by atoms with Gasteiger partial charge in [0.05, 0.1) is 0 Å². The predicted octanol–water partition coefficient (Wildman–Crippen LogP) is 4.32. The number of hydrogen-bond acceptors (Lipinski definition) is 3.